The summed E-state index contributed by atoms with van der Waals surface area (Å²) in [5, 5.41) is 22.4. The van der Waals surface area contributed by atoms with Crippen LogP contribution in [0.5, 0.6) is 0 Å². The van der Waals surface area contributed by atoms with Crippen LogP contribution in [-0.2, 0) is 25.7 Å². The molecule has 0 bridgehead atoms. The van der Waals surface area contributed by atoms with Gasteiger partial charge in [-0.3, -0.25) is 14.4 Å². The maximum absolute atomic E-state index is 13.2. The minimum atomic E-state index is -1.03. The lowest BCUT2D eigenvalue weighted by atomic mass is 9.91. The van der Waals surface area contributed by atoms with Crippen molar-refractivity contribution in [1.82, 2.24) is 21.3 Å². The molecule has 10 nitrogen and oxygen atoms in total. The van der Waals surface area contributed by atoms with Crippen molar-refractivity contribution in [3.63, 3.8) is 0 Å². The summed E-state index contributed by atoms with van der Waals surface area (Å²) in [4.78, 5) is 51.5. The van der Waals surface area contributed by atoms with Crippen LogP contribution in [-0.4, -0.2) is 70.8 Å². The molecule has 0 saturated heterocycles. The molecular formula is C31H52N4O6S. The molecule has 238 valence electrons. The van der Waals surface area contributed by atoms with Crippen molar-refractivity contribution >= 4 is 35.6 Å². The molecule has 0 aliphatic heterocycles. The van der Waals surface area contributed by atoms with Gasteiger partial charge in [-0.2, -0.15) is 11.8 Å². The Hall–Kier alpha value is -2.79. The molecule has 0 heterocycles. The number of aliphatic hydroxyl groups is 1. The van der Waals surface area contributed by atoms with Gasteiger partial charge in [-0.1, -0.05) is 65.0 Å². The first-order chi connectivity index (χ1) is 19.5. The van der Waals surface area contributed by atoms with E-state index in [9.17, 15) is 24.3 Å². The third-order valence-corrected chi connectivity index (χ3v) is 7.12. The summed E-state index contributed by atoms with van der Waals surface area (Å²) in [7, 11) is 0. The van der Waals surface area contributed by atoms with Crippen LogP contribution in [0.1, 0.15) is 73.8 Å². The van der Waals surface area contributed by atoms with Gasteiger partial charge in [0.25, 0.3) is 0 Å². The van der Waals surface area contributed by atoms with Crippen LogP contribution in [0, 0.1) is 17.8 Å². The smallest absolute Gasteiger partial charge is 0.408 e. The molecule has 5 N–H and O–H groups in total. The number of carbonyl (C=O) groups is 4. The number of carbonyl (C=O) groups excluding carboxylic acids is 4. The maximum Gasteiger partial charge on any atom is 0.408 e. The van der Waals surface area contributed by atoms with Crippen molar-refractivity contribution in [2.45, 2.75) is 105 Å². The highest BCUT2D eigenvalue weighted by atomic mass is 32.2. The quantitative estimate of drug-likeness (QED) is 0.193. The van der Waals surface area contributed by atoms with E-state index < -0.39 is 47.7 Å². The number of ether oxygens (including phenoxy) is 1. The molecule has 1 aromatic carbocycles. The number of benzene rings is 1. The van der Waals surface area contributed by atoms with Gasteiger partial charge in [-0.05, 0) is 57.3 Å². The van der Waals surface area contributed by atoms with Crippen molar-refractivity contribution in [2.24, 2.45) is 17.8 Å². The number of rotatable bonds is 16. The van der Waals surface area contributed by atoms with Gasteiger partial charge >= 0.3 is 6.09 Å². The Morgan fingerprint density at radius 1 is 0.881 bits per heavy atom. The summed E-state index contributed by atoms with van der Waals surface area (Å²) in [6, 6.07) is 7.27. The zero-order chi connectivity index (χ0) is 32.0. The maximum atomic E-state index is 13.2. The molecular weight excluding hydrogens is 556 g/mol. The van der Waals surface area contributed by atoms with Gasteiger partial charge < -0.3 is 31.1 Å². The topological polar surface area (TPSA) is 146 Å². The van der Waals surface area contributed by atoms with Crippen molar-refractivity contribution in [2.75, 3.05) is 12.0 Å². The SMILES string of the molecule is CSC[C@H](NC(=O)OC(C)(C)C)C(=O)N[C@@H](CC(C)C)[C@@H](O)C[C@@H](C)C(=O)N[C@H](C(=O)NCc1ccccc1)C(C)C. The van der Waals surface area contributed by atoms with Crippen molar-refractivity contribution < 1.29 is 29.0 Å². The fraction of sp³-hybridized carbons (Fsp3) is 0.677. The molecule has 0 aromatic heterocycles. The number of amides is 4. The van der Waals surface area contributed by atoms with E-state index in [2.05, 4.69) is 21.3 Å². The van der Waals surface area contributed by atoms with Crippen LogP contribution >= 0.6 is 11.8 Å². The number of aliphatic hydroxyl groups excluding tert-OH is 1. The normalized spacial score (nSPS) is 15.2. The predicted octanol–water partition coefficient (Wildman–Crippen LogP) is 3.62. The van der Waals surface area contributed by atoms with Crippen molar-refractivity contribution in [1.29, 1.82) is 0 Å². The van der Waals surface area contributed by atoms with E-state index in [-0.39, 0.29) is 30.1 Å². The second-order valence-corrected chi connectivity index (χ2v) is 13.4. The first kappa shape index (κ1) is 37.2. The molecule has 5 atom stereocenters. The molecule has 4 amide bonds. The Morgan fingerprint density at radius 3 is 2.02 bits per heavy atom. The second-order valence-electron chi connectivity index (χ2n) is 12.5. The van der Waals surface area contributed by atoms with Gasteiger partial charge in [-0.25, -0.2) is 4.79 Å². The molecule has 0 aliphatic carbocycles. The summed E-state index contributed by atoms with van der Waals surface area (Å²) in [5.74, 6) is -1.40. The van der Waals surface area contributed by atoms with E-state index in [1.54, 1.807) is 27.7 Å². The highest BCUT2D eigenvalue weighted by Gasteiger charge is 2.32. The average molecular weight is 609 g/mol. The predicted molar refractivity (Wildman–Crippen MR) is 168 cm³/mol. The standard InChI is InChI=1S/C31H52N4O6S/c1-19(2)15-23(33-28(38)24(18-42-9)34-30(40)41-31(6,7)8)25(36)16-21(5)27(37)35-26(20(3)4)29(39)32-17-22-13-11-10-12-14-22/h10-14,19-21,23-26,36H,15-18H2,1-9H3,(H,32,39)(H,33,38)(H,34,40)(H,35,37)/t21-,23+,24+,25+,26+/m1/s1. The number of hydrogen-bond donors (Lipinski definition) is 5. The van der Waals surface area contributed by atoms with Gasteiger partial charge in [0.1, 0.15) is 17.7 Å². The third kappa shape index (κ3) is 14.4. The van der Waals surface area contributed by atoms with E-state index in [4.69, 9.17) is 4.74 Å². The van der Waals surface area contributed by atoms with E-state index in [0.717, 1.165) is 5.56 Å². The minimum absolute atomic E-state index is 0.0760. The lowest BCUT2D eigenvalue weighted by Crippen LogP contribution is -2.55. The average Bonchev–Trinajstić information content (AvgIpc) is 2.88. The molecule has 1 rings (SSSR count). The van der Waals surface area contributed by atoms with Crippen LogP contribution in [0.3, 0.4) is 0 Å². The zero-order valence-electron chi connectivity index (χ0n) is 26.7. The Kier molecular flexibility index (Phi) is 16.0. The molecule has 0 fully saturated rings. The number of nitrogens with one attached hydrogen (secondary N) is 4. The zero-order valence-corrected chi connectivity index (χ0v) is 27.5. The Labute approximate surface area is 255 Å². The minimum Gasteiger partial charge on any atom is -0.444 e. The van der Waals surface area contributed by atoms with Crippen LogP contribution < -0.4 is 21.3 Å². The van der Waals surface area contributed by atoms with Crippen LogP contribution in [0.15, 0.2) is 30.3 Å². The van der Waals surface area contributed by atoms with Crippen molar-refractivity contribution in [3.8, 4) is 0 Å². The van der Waals surface area contributed by atoms with Gasteiger partial charge in [0.05, 0.1) is 12.1 Å². The molecule has 0 aliphatic rings. The first-order valence-electron chi connectivity index (χ1n) is 14.6. The monoisotopic (exact) mass is 608 g/mol. The highest BCUT2D eigenvalue weighted by molar-refractivity contribution is 7.98. The molecule has 1 aromatic rings. The van der Waals surface area contributed by atoms with E-state index in [0.29, 0.717) is 18.7 Å². The summed E-state index contributed by atoms with van der Waals surface area (Å²) >= 11 is 1.40. The van der Waals surface area contributed by atoms with Crippen LogP contribution in [0.25, 0.3) is 0 Å². The van der Waals surface area contributed by atoms with Gasteiger partial charge in [-0.15, -0.1) is 0 Å². The van der Waals surface area contributed by atoms with Gasteiger partial charge in [0.15, 0.2) is 0 Å². The van der Waals surface area contributed by atoms with Gasteiger partial charge in [0.2, 0.25) is 17.7 Å². The Balaban J connectivity index is 2.86. The van der Waals surface area contributed by atoms with Crippen LogP contribution in [0.2, 0.25) is 0 Å². The number of thioether (sulfide) groups is 1. The fourth-order valence-electron chi connectivity index (χ4n) is 4.26. The first-order valence-corrected chi connectivity index (χ1v) is 16.0. The molecule has 11 heteroatoms. The molecule has 0 radical (unpaired) electrons. The van der Waals surface area contributed by atoms with Crippen LogP contribution in [0.4, 0.5) is 4.79 Å². The highest BCUT2D eigenvalue weighted by Crippen LogP contribution is 2.17. The number of hydrogen-bond acceptors (Lipinski definition) is 7. The summed E-state index contributed by atoms with van der Waals surface area (Å²) in [6.07, 6.45) is 0.640. The van der Waals surface area contributed by atoms with E-state index >= 15 is 0 Å². The lowest BCUT2D eigenvalue weighted by molar-refractivity contribution is -0.132. The fourth-order valence-corrected chi connectivity index (χ4v) is 4.83. The van der Waals surface area contributed by atoms with E-state index in [1.807, 2.05) is 64.3 Å². The summed E-state index contributed by atoms with van der Waals surface area (Å²) in [5.41, 5.74) is 0.241. The van der Waals surface area contributed by atoms with Gasteiger partial charge in [0, 0.05) is 18.2 Å². The van der Waals surface area contributed by atoms with Crippen molar-refractivity contribution in [3.05, 3.63) is 35.9 Å². The largest absolute Gasteiger partial charge is 0.444 e. The van der Waals surface area contributed by atoms with E-state index in [1.165, 1.54) is 11.8 Å². The Bertz CT molecular complexity index is 999. The molecule has 0 unspecified atom stereocenters. The summed E-state index contributed by atoms with van der Waals surface area (Å²) < 4.78 is 5.30. The third-order valence-electron chi connectivity index (χ3n) is 6.46. The Morgan fingerprint density at radius 2 is 1.50 bits per heavy atom. The molecule has 0 saturated carbocycles. The second kappa shape index (κ2) is 18.0. The lowest BCUT2D eigenvalue weighted by Gasteiger charge is -2.30. The molecule has 42 heavy (non-hydrogen) atoms. The molecule has 0 spiro atoms. The summed E-state index contributed by atoms with van der Waals surface area (Å²) in [6.45, 7) is 14.9. The number of alkyl carbamates (subject to hydrolysis) is 1.